The molecular weight excluding hydrogens is 280 g/mol. The van der Waals surface area contributed by atoms with Crippen molar-refractivity contribution in [3.63, 3.8) is 0 Å². The van der Waals surface area contributed by atoms with Crippen molar-refractivity contribution in [1.82, 2.24) is 14.7 Å². The first-order chi connectivity index (χ1) is 9.45. The van der Waals surface area contributed by atoms with Crippen molar-refractivity contribution in [2.75, 3.05) is 4.72 Å². The summed E-state index contributed by atoms with van der Waals surface area (Å²) < 4.78 is 33.5. The number of aryl methyl sites for hydroxylation is 2. The average Bonchev–Trinajstić information content (AvgIpc) is 2.96. The molecule has 0 fully saturated rings. The summed E-state index contributed by atoms with van der Waals surface area (Å²) in [7, 11) is -1.86. The summed E-state index contributed by atoms with van der Waals surface area (Å²) in [6.07, 6.45) is 1.63. The van der Waals surface area contributed by atoms with Crippen LogP contribution in [0.5, 0.6) is 0 Å². The number of aromatic nitrogens is 3. The number of imidazole rings is 1. The van der Waals surface area contributed by atoms with E-state index in [0.717, 1.165) is 5.52 Å². The molecule has 2 aromatic heterocycles. The summed E-state index contributed by atoms with van der Waals surface area (Å²) in [5, 5.41) is 3.61. The van der Waals surface area contributed by atoms with Crippen molar-refractivity contribution >= 4 is 26.9 Å². The molecule has 3 aromatic rings. The lowest BCUT2D eigenvalue weighted by molar-refractivity contribution is 0.400. The van der Waals surface area contributed by atoms with Crippen molar-refractivity contribution in [2.45, 2.75) is 11.8 Å². The zero-order chi connectivity index (χ0) is 14.3. The first kappa shape index (κ1) is 12.7. The lowest BCUT2D eigenvalue weighted by Crippen LogP contribution is -2.13. The minimum absolute atomic E-state index is 0.129. The van der Waals surface area contributed by atoms with Gasteiger partial charge in [0.2, 0.25) is 0 Å². The number of rotatable bonds is 3. The molecule has 0 aliphatic heterocycles. The van der Waals surface area contributed by atoms with E-state index in [2.05, 4.69) is 14.9 Å². The summed E-state index contributed by atoms with van der Waals surface area (Å²) in [5.74, 6) is 0.687. The number of fused-ring (bicyclic) bond motifs is 1. The summed E-state index contributed by atoms with van der Waals surface area (Å²) in [5.41, 5.74) is 1.48. The van der Waals surface area contributed by atoms with Crippen LogP contribution in [0.2, 0.25) is 0 Å². The Morgan fingerprint density at radius 3 is 2.80 bits per heavy atom. The second kappa shape index (κ2) is 4.34. The van der Waals surface area contributed by atoms with Gasteiger partial charge in [0.05, 0.1) is 22.3 Å². The zero-order valence-electron chi connectivity index (χ0n) is 10.9. The minimum Gasteiger partial charge on any atom is -0.360 e. The highest BCUT2D eigenvalue weighted by atomic mass is 32.2. The predicted molar refractivity (Wildman–Crippen MR) is 72.8 cm³/mol. The second-order valence-electron chi connectivity index (χ2n) is 4.43. The molecule has 8 heteroatoms. The van der Waals surface area contributed by atoms with Gasteiger partial charge >= 0.3 is 0 Å². The standard InChI is InChI=1S/C12H12N4O3S/c1-8-5-12(14-19-8)15-20(17,18)9-3-4-11-10(6-9)13-7-16(11)2/h3-7H,1-2H3,(H,14,15). The van der Waals surface area contributed by atoms with Crippen molar-refractivity contribution < 1.29 is 12.9 Å². The molecule has 20 heavy (non-hydrogen) atoms. The van der Waals surface area contributed by atoms with Gasteiger partial charge < -0.3 is 9.09 Å². The van der Waals surface area contributed by atoms with Crippen LogP contribution in [-0.2, 0) is 17.1 Å². The molecule has 0 amide bonds. The molecule has 3 rings (SSSR count). The van der Waals surface area contributed by atoms with Gasteiger partial charge in [0.1, 0.15) is 5.76 Å². The van der Waals surface area contributed by atoms with E-state index in [0.29, 0.717) is 11.3 Å². The molecule has 2 heterocycles. The summed E-state index contributed by atoms with van der Waals surface area (Å²) in [4.78, 5) is 4.27. The van der Waals surface area contributed by atoms with Crippen LogP contribution in [0.15, 0.2) is 40.0 Å². The van der Waals surface area contributed by atoms with Crippen molar-refractivity contribution in [3.05, 3.63) is 36.4 Å². The molecule has 0 bridgehead atoms. The maximum Gasteiger partial charge on any atom is 0.263 e. The average molecular weight is 292 g/mol. The van der Waals surface area contributed by atoms with E-state index >= 15 is 0 Å². The van der Waals surface area contributed by atoms with Gasteiger partial charge in [-0.15, -0.1) is 0 Å². The van der Waals surface area contributed by atoms with E-state index < -0.39 is 10.0 Å². The van der Waals surface area contributed by atoms with E-state index in [1.54, 1.807) is 19.3 Å². The maximum absolute atomic E-state index is 12.2. The molecule has 104 valence electrons. The third-order valence-electron chi connectivity index (χ3n) is 2.87. The number of nitrogens with one attached hydrogen (secondary N) is 1. The molecule has 0 radical (unpaired) electrons. The minimum atomic E-state index is -3.70. The normalized spacial score (nSPS) is 11.9. The summed E-state index contributed by atoms with van der Waals surface area (Å²) >= 11 is 0. The van der Waals surface area contributed by atoms with Gasteiger partial charge in [-0.25, -0.2) is 13.4 Å². The zero-order valence-corrected chi connectivity index (χ0v) is 11.7. The van der Waals surface area contributed by atoms with E-state index in [9.17, 15) is 8.42 Å². The van der Waals surface area contributed by atoms with E-state index in [1.165, 1.54) is 18.2 Å². The molecule has 0 saturated carbocycles. The fourth-order valence-corrected chi connectivity index (χ4v) is 2.90. The second-order valence-corrected chi connectivity index (χ2v) is 6.12. The first-order valence-electron chi connectivity index (χ1n) is 5.83. The quantitative estimate of drug-likeness (QED) is 0.793. The number of nitrogens with zero attached hydrogens (tertiary/aromatic N) is 3. The third-order valence-corrected chi connectivity index (χ3v) is 4.23. The number of anilines is 1. The number of benzene rings is 1. The number of hydrogen-bond donors (Lipinski definition) is 1. The molecular formula is C12H12N4O3S. The van der Waals surface area contributed by atoms with Crippen molar-refractivity contribution in [1.29, 1.82) is 0 Å². The molecule has 0 atom stereocenters. The monoisotopic (exact) mass is 292 g/mol. The highest BCUT2D eigenvalue weighted by molar-refractivity contribution is 7.92. The van der Waals surface area contributed by atoms with Crippen LogP contribution < -0.4 is 4.72 Å². The predicted octanol–water partition coefficient (Wildman–Crippen LogP) is 1.67. The highest BCUT2D eigenvalue weighted by Gasteiger charge is 2.17. The Morgan fingerprint density at radius 1 is 1.30 bits per heavy atom. The first-order valence-corrected chi connectivity index (χ1v) is 7.31. The molecule has 0 saturated heterocycles. The Labute approximate surface area is 115 Å². The van der Waals surface area contributed by atoms with Crippen LogP contribution in [-0.4, -0.2) is 23.1 Å². The van der Waals surface area contributed by atoms with Gasteiger partial charge in [-0.2, -0.15) is 0 Å². The Kier molecular flexibility index (Phi) is 2.75. The molecule has 0 aliphatic carbocycles. The maximum atomic E-state index is 12.2. The SMILES string of the molecule is Cc1cc(NS(=O)(=O)c2ccc3c(c2)ncn3C)no1. The Bertz CT molecular complexity index is 879. The van der Waals surface area contributed by atoms with Crippen LogP contribution in [0.1, 0.15) is 5.76 Å². The third kappa shape index (κ3) is 2.14. The van der Waals surface area contributed by atoms with Gasteiger partial charge in [-0.05, 0) is 25.1 Å². The van der Waals surface area contributed by atoms with E-state index in [4.69, 9.17) is 4.52 Å². The molecule has 0 aliphatic rings. The Balaban J connectivity index is 2.00. The van der Waals surface area contributed by atoms with Gasteiger partial charge in [0.15, 0.2) is 5.82 Å². The molecule has 0 unspecified atom stereocenters. The molecule has 1 N–H and O–H groups in total. The molecule has 1 aromatic carbocycles. The van der Waals surface area contributed by atoms with Crippen LogP contribution >= 0.6 is 0 Å². The number of sulfonamides is 1. The van der Waals surface area contributed by atoms with Crippen molar-refractivity contribution in [3.8, 4) is 0 Å². The van der Waals surface area contributed by atoms with Crippen LogP contribution in [0.3, 0.4) is 0 Å². The van der Waals surface area contributed by atoms with Crippen molar-refractivity contribution in [2.24, 2.45) is 7.05 Å². The van der Waals surface area contributed by atoms with E-state index in [-0.39, 0.29) is 10.7 Å². The topological polar surface area (TPSA) is 90.0 Å². The lowest BCUT2D eigenvalue weighted by Gasteiger charge is -2.04. The molecule has 7 nitrogen and oxygen atoms in total. The van der Waals surface area contributed by atoms with Gasteiger partial charge in [-0.1, -0.05) is 5.16 Å². The van der Waals surface area contributed by atoms with E-state index in [1.807, 2.05) is 11.6 Å². The fraction of sp³-hybridized carbons (Fsp3) is 0.167. The smallest absolute Gasteiger partial charge is 0.263 e. The van der Waals surface area contributed by atoms with Gasteiger partial charge in [0, 0.05) is 13.1 Å². The fourth-order valence-electron chi connectivity index (χ4n) is 1.89. The molecule has 0 spiro atoms. The Morgan fingerprint density at radius 2 is 2.10 bits per heavy atom. The lowest BCUT2D eigenvalue weighted by atomic mass is 10.3. The Hall–Kier alpha value is -2.35. The number of hydrogen-bond acceptors (Lipinski definition) is 5. The van der Waals surface area contributed by atoms with Crippen LogP contribution in [0.4, 0.5) is 5.82 Å². The van der Waals surface area contributed by atoms with Gasteiger partial charge in [0.25, 0.3) is 10.0 Å². The van der Waals surface area contributed by atoms with Crippen LogP contribution in [0.25, 0.3) is 11.0 Å². The van der Waals surface area contributed by atoms with Crippen LogP contribution in [0, 0.1) is 6.92 Å². The largest absolute Gasteiger partial charge is 0.360 e. The summed E-state index contributed by atoms with van der Waals surface area (Å²) in [6.45, 7) is 1.69. The van der Waals surface area contributed by atoms with Gasteiger partial charge in [-0.3, -0.25) is 4.72 Å². The summed E-state index contributed by atoms with van der Waals surface area (Å²) in [6, 6.07) is 6.27. The highest BCUT2D eigenvalue weighted by Crippen LogP contribution is 2.20.